The molecule has 1 aliphatic rings. The van der Waals surface area contributed by atoms with Crippen LogP contribution in [0.2, 0.25) is 0 Å². The van der Waals surface area contributed by atoms with Crippen LogP contribution in [0.25, 0.3) is 10.3 Å². The standard InChI is InChI=1S/C21H25F2N7OS/c1-28-9-11-30(12-10-28)8-7-24-20(31)27-21-25-16-4-6-18(26-19(16)32-21)29(2)17-5-3-14(22)13-15(17)23/h3-6,13H,7-12H2,1-2H3,(H2,24,25,27,31). The second-order valence-corrected chi connectivity index (χ2v) is 8.67. The molecule has 0 bridgehead atoms. The van der Waals surface area contributed by atoms with E-state index in [0.29, 0.717) is 27.8 Å². The molecule has 2 N–H and O–H groups in total. The minimum Gasteiger partial charge on any atom is -0.337 e. The van der Waals surface area contributed by atoms with Gasteiger partial charge in [-0.25, -0.2) is 23.5 Å². The van der Waals surface area contributed by atoms with Gasteiger partial charge in [0.2, 0.25) is 0 Å². The van der Waals surface area contributed by atoms with Crippen LogP contribution in [0.5, 0.6) is 0 Å². The number of hydrogen-bond acceptors (Lipinski definition) is 7. The van der Waals surface area contributed by atoms with Crippen molar-refractivity contribution in [2.45, 2.75) is 0 Å². The average Bonchev–Trinajstić information content (AvgIpc) is 3.16. The molecule has 0 atom stereocenters. The lowest BCUT2D eigenvalue weighted by Gasteiger charge is -2.32. The molecule has 8 nitrogen and oxygen atoms in total. The number of fused-ring (bicyclic) bond motifs is 1. The fourth-order valence-corrected chi connectivity index (χ4v) is 4.29. The minimum atomic E-state index is -0.672. The van der Waals surface area contributed by atoms with Crippen LogP contribution in [0.1, 0.15) is 0 Å². The van der Waals surface area contributed by atoms with E-state index in [9.17, 15) is 13.6 Å². The minimum absolute atomic E-state index is 0.209. The highest BCUT2D eigenvalue weighted by Gasteiger charge is 2.16. The van der Waals surface area contributed by atoms with Gasteiger partial charge in [-0.15, -0.1) is 0 Å². The van der Waals surface area contributed by atoms with Crippen LogP contribution in [0.4, 0.5) is 30.2 Å². The smallest absolute Gasteiger partial charge is 0.321 e. The summed E-state index contributed by atoms with van der Waals surface area (Å²) in [6, 6.07) is 6.53. The molecule has 0 radical (unpaired) electrons. The number of pyridine rings is 1. The van der Waals surface area contributed by atoms with E-state index in [1.54, 1.807) is 19.2 Å². The van der Waals surface area contributed by atoms with Crippen molar-refractivity contribution in [3.8, 4) is 0 Å². The second kappa shape index (κ2) is 9.72. The summed E-state index contributed by atoms with van der Waals surface area (Å²) in [5, 5.41) is 6.03. The van der Waals surface area contributed by atoms with Crippen LogP contribution in [0.3, 0.4) is 0 Å². The Morgan fingerprint density at radius 1 is 1.16 bits per heavy atom. The fourth-order valence-electron chi connectivity index (χ4n) is 3.46. The van der Waals surface area contributed by atoms with Crippen molar-refractivity contribution < 1.29 is 13.6 Å². The number of rotatable bonds is 6. The fraction of sp³-hybridized carbons (Fsp3) is 0.381. The molecule has 0 spiro atoms. The van der Waals surface area contributed by atoms with Crippen LogP contribution in [-0.2, 0) is 0 Å². The number of carbonyl (C=O) groups excluding carboxylic acids is 1. The van der Waals surface area contributed by atoms with Crippen molar-refractivity contribution in [1.29, 1.82) is 0 Å². The zero-order valence-electron chi connectivity index (χ0n) is 17.9. The van der Waals surface area contributed by atoms with E-state index >= 15 is 0 Å². The van der Waals surface area contributed by atoms with Gasteiger partial charge >= 0.3 is 6.03 Å². The van der Waals surface area contributed by atoms with Crippen molar-refractivity contribution in [3.05, 3.63) is 42.0 Å². The Hall–Kier alpha value is -2.89. The number of nitrogens with one attached hydrogen (secondary N) is 2. The molecule has 3 aromatic rings. The molecule has 1 aromatic carbocycles. The second-order valence-electron chi connectivity index (χ2n) is 7.69. The Morgan fingerprint density at radius 2 is 1.94 bits per heavy atom. The van der Waals surface area contributed by atoms with E-state index in [2.05, 4.69) is 37.4 Å². The molecule has 1 saturated heterocycles. The number of urea groups is 1. The van der Waals surface area contributed by atoms with Gasteiger partial charge in [-0.05, 0) is 31.3 Å². The summed E-state index contributed by atoms with van der Waals surface area (Å²) >= 11 is 1.23. The lowest BCUT2D eigenvalue weighted by atomic mass is 10.2. The van der Waals surface area contributed by atoms with Crippen molar-refractivity contribution in [1.82, 2.24) is 25.1 Å². The first-order valence-electron chi connectivity index (χ1n) is 10.3. The summed E-state index contributed by atoms with van der Waals surface area (Å²) < 4.78 is 27.3. The Bertz CT molecular complexity index is 1100. The average molecular weight is 462 g/mol. The predicted molar refractivity (Wildman–Crippen MR) is 123 cm³/mol. The molecule has 2 aromatic heterocycles. The van der Waals surface area contributed by atoms with Crippen molar-refractivity contribution >= 4 is 44.4 Å². The van der Waals surface area contributed by atoms with E-state index in [0.717, 1.165) is 38.8 Å². The van der Waals surface area contributed by atoms with Crippen LogP contribution in [0, 0.1) is 11.6 Å². The first kappa shape index (κ1) is 22.3. The summed E-state index contributed by atoms with van der Waals surface area (Å²) in [7, 11) is 3.76. The summed E-state index contributed by atoms with van der Waals surface area (Å²) in [5.41, 5.74) is 0.834. The molecule has 0 unspecified atom stereocenters. The number of nitrogens with zero attached hydrogens (tertiary/aromatic N) is 5. The van der Waals surface area contributed by atoms with E-state index in [4.69, 9.17) is 0 Å². The lowest BCUT2D eigenvalue weighted by Crippen LogP contribution is -2.47. The molecule has 1 fully saturated rings. The van der Waals surface area contributed by atoms with Crippen molar-refractivity contribution in [2.24, 2.45) is 0 Å². The maximum Gasteiger partial charge on any atom is 0.321 e. The molecule has 0 aliphatic carbocycles. The Balaban J connectivity index is 1.35. The van der Waals surface area contributed by atoms with E-state index in [1.807, 2.05) is 0 Å². The molecule has 4 rings (SSSR count). The number of benzene rings is 1. The van der Waals surface area contributed by atoms with Crippen LogP contribution >= 0.6 is 11.3 Å². The predicted octanol–water partition coefficient (Wildman–Crippen LogP) is 3.11. The topological polar surface area (TPSA) is 76.6 Å². The molecule has 2 amide bonds. The zero-order valence-corrected chi connectivity index (χ0v) is 18.8. The van der Waals surface area contributed by atoms with Gasteiger partial charge in [0.25, 0.3) is 0 Å². The van der Waals surface area contributed by atoms with Crippen LogP contribution in [-0.4, -0.2) is 79.2 Å². The number of amides is 2. The summed E-state index contributed by atoms with van der Waals surface area (Å²) in [4.78, 5) is 27.9. The number of hydrogen-bond donors (Lipinski definition) is 2. The SMILES string of the molecule is CN1CCN(CCNC(=O)Nc2nc3ccc(N(C)c4ccc(F)cc4F)nc3s2)CC1. The van der Waals surface area contributed by atoms with Gasteiger partial charge in [-0.3, -0.25) is 10.2 Å². The van der Waals surface area contributed by atoms with Gasteiger partial charge in [0, 0.05) is 52.4 Å². The summed E-state index contributed by atoms with van der Waals surface area (Å²) in [6.45, 7) is 5.44. The van der Waals surface area contributed by atoms with E-state index in [1.165, 1.54) is 28.4 Å². The molecule has 32 heavy (non-hydrogen) atoms. The largest absolute Gasteiger partial charge is 0.337 e. The molecule has 11 heteroatoms. The number of piperazine rings is 1. The number of likely N-dealkylation sites (N-methyl/N-ethyl adjacent to an activating group) is 1. The van der Waals surface area contributed by atoms with E-state index < -0.39 is 11.6 Å². The molecule has 0 saturated carbocycles. The van der Waals surface area contributed by atoms with Crippen molar-refractivity contribution in [2.75, 3.05) is 63.6 Å². The Labute approximate surface area is 188 Å². The van der Waals surface area contributed by atoms with Crippen molar-refractivity contribution in [3.63, 3.8) is 0 Å². The quantitative estimate of drug-likeness (QED) is 0.588. The monoisotopic (exact) mass is 461 g/mol. The highest BCUT2D eigenvalue weighted by Crippen LogP contribution is 2.30. The van der Waals surface area contributed by atoms with Gasteiger partial charge in [-0.1, -0.05) is 11.3 Å². The number of anilines is 3. The Kier molecular flexibility index (Phi) is 6.77. The lowest BCUT2D eigenvalue weighted by molar-refractivity contribution is 0.155. The number of carbonyl (C=O) groups is 1. The third-order valence-corrected chi connectivity index (χ3v) is 6.27. The zero-order chi connectivity index (χ0) is 22.7. The highest BCUT2D eigenvalue weighted by molar-refractivity contribution is 7.22. The molecular weight excluding hydrogens is 436 g/mol. The Morgan fingerprint density at radius 3 is 2.69 bits per heavy atom. The highest BCUT2D eigenvalue weighted by atomic mass is 32.1. The number of aromatic nitrogens is 2. The number of thiazole rings is 1. The maximum absolute atomic E-state index is 14.1. The van der Waals surface area contributed by atoms with Gasteiger partial charge in [-0.2, -0.15) is 0 Å². The van der Waals surface area contributed by atoms with Crippen LogP contribution in [0.15, 0.2) is 30.3 Å². The van der Waals surface area contributed by atoms with E-state index in [-0.39, 0.29) is 11.7 Å². The third-order valence-electron chi connectivity index (χ3n) is 5.39. The van der Waals surface area contributed by atoms with Gasteiger partial charge in [0.15, 0.2) is 5.13 Å². The summed E-state index contributed by atoms with van der Waals surface area (Å²) in [6.07, 6.45) is 0. The number of halogens is 2. The normalized spacial score (nSPS) is 15.1. The summed E-state index contributed by atoms with van der Waals surface area (Å²) in [5.74, 6) is -0.827. The molecular formula is C21H25F2N7OS. The molecule has 170 valence electrons. The maximum atomic E-state index is 14.1. The first-order chi connectivity index (χ1) is 15.4. The van der Waals surface area contributed by atoms with Gasteiger partial charge < -0.3 is 15.1 Å². The van der Waals surface area contributed by atoms with Gasteiger partial charge in [0.05, 0.1) is 5.69 Å². The van der Waals surface area contributed by atoms with Gasteiger partial charge in [0.1, 0.15) is 27.8 Å². The molecule has 1 aliphatic heterocycles. The van der Waals surface area contributed by atoms with Crippen LogP contribution < -0.4 is 15.5 Å². The first-order valence-corrected chi connectivity index (χ1v) is 11.1. The molecule has 3 heterocycles. The third kappa shape index (κ3) is 5.29.